The highest BCUT2D eigenvalue weighted by molar-refractivity contribution is 6.01. The lowest BCUT2D eigenvalue weighted by atomic mass is 10.1. The number of rotatable bonds is 8. The normalized spacial score (nSPS) is 13.5. The fraction of sp³-hybridized carbons (Fsp3) is 0.727. The number of carboxylic acids is 1. The average molecular weight is 260 g/mol. The third-order valence-corrected chi connectivity index (χ3v) is 2.30. The molecule has 0 aliphatic heterocycles. The van der Waals surface area contributed by atoms with Crippen molar-refractivity contribution in [3.8, 4) is 0 Å². The number of carbonyl (C=O) groups excluding carboxylic acids is 2. The molecule has 0 aromatic rings. The van der Waals surface area contributed by atoms with Gasteiger partial charge in [0, 0.05) is 13.0 Å². The molecule has 104 valence electrons. The van der Waals surface area contributed by atoms with Gasteiger partial charge in [0.2, 0.25) is 5.91 Å². The first-order chi connectivity index (χ1) is 8.38. The smallest absolute Gasteiger partial charge is 0.332 e. The standard InChI is InChI=1S/C11H20N2O5/c1-3-18-11(17)9(12)10(16)13-6-7(2)4-5-8(14)15/h7,9H,3-6,12H2,1-2H3,(H,13,16)(H,14,15). The number of carboxylic acid groups (broad SMARTS) is 1. The largest absolute Gasteiger partial charge is 0.481 e. The van der Waals surface area contributed by atoms with Crippen LogP contribution >= 0.6 is 0 Å². The topological polar surface area (TPSA) is 119 Å². The van der Waals surface area contributed by atoms with E-state index in [1.807, 2.05) is 0 Å². The first-order valence-corrected chi connectivity index (χ1v) is 5.80. The highest BCUT2D eigenvalue weighted by Crippen LogP contribution is 2.03. The van der Waals surface area contributed by atoms with Crippen molar-refractivity contribution in [1.29, 1.82) is 0 Å². The van der Waals surface area contributed by atoms with Crippen LogP contribution in [-0.4, -0.2) is 42.1 Å². The van der Waals surface area contributed by atoms with Crippen molar-refractivity contribution in [2.45, 2.75) is 32.7 Å². The molecule has 1 amide bonds. The Hall–Kier alpha value is -1.63. The second kappa shape index (κ2) is 8.46. The molecule has 0 aromatic heterocycles. The second-order valence-electron chi connectivity index (χ2n) is 4.01. The van der Waals surface area contributed by atoms with Crippen LogP contribution in [0.4, 0.5) is 0 Å². The fourth-order valence-electron chi connectivity index (χ4n) is 1.20. The number of hydrogen-bond acceptors (Lipinski definition) is 5. The molecule has 0 aromatic carbocycles. The molecule has 0 fully saturated rings. The van der Waals surface area contributed by atoms with Crippen molar-refractivity contribution in [1.82, 2.24) is 5.32 Å². The Kier molecular flexibility index (Phi) is 7.69. The van der Waals surface area contributed by atoms with E-state index < -0.39 is 23.9 Å². The molecule has 7 nitrogen and oxygen atoms in total. The molecular weight excluding hydrogens is 240 g/mol. The summed E-state index contributed by atoms with van der Waals surface area (Å²) in [4.78, 5) is 32.9. The molecular formula is C11H20N2O5. The molecule has 0 aliphatic rings. The third kappa shape index (κ3) is 6.85. The summed E-state index contributed by atoms with van der Waals surface area (Å²) in [6.45, 7) is 3.86. The maximum Gasteiger partial charge on any atom is 0.332 e. The van der Waals surface area contributed by atoms with Gasteiger partial charge in [-0.25, -0.2) is 4.79 Å². The van der Waals surface area contributed by atoms with Crippen LogP contribution in [0.3, 0.4) is 0 Å². The van der Waals surface area contributed by atoms with Crippen LogP contribution in [0.2, 0.25) is 0 Å². The number of amides is 1. The lowest BCUT2D eigenvalue weighted by Gasteiger charge is -2.14. The van der Waals surface area contributed by atoms with Gasteiger partial charge < -0.3 is 20.9 Å². The molecule has 4 N–H and O–H groups in total. The van der Waals surface area contributed by atoms with E-state index in [4.69, 9.17) is 10.8 Å². The zero-order valence-electron chi connectivity index (χ0n) is 10.6. The van der Waals surface area contributed by atoms with E-state index in [-0.39, 0.29) is 25.5 Å². The first-order valence-electron chi connectivity index (χ1n) is 5.80. The van der Waals surface area contributed by atoms with Gasteiger partial charge in [0.1, 0.15) is 0 Å². The van der Waals surface area contributed by atoms with Crippen LogP contribution in [0.15, 0.2) is 0 Å². The van der Waals surface area contributed by atoms with Crippen molar-refractivity contribution in [3.63, 3.8) is 0 Å². The Morgan fingerprint density at radius 1 is 1.39 bits per heavy atom. The summed E-state index contributed by atoms with van der Waals surface area (Å²) < 4.78 is 4.61. The van der Waals surface area contributed by atoms with Gasteiger partial charge in [0.25, 0.3) is 0 Å². The summed E-state index contributed by atoms with van der Waals surface area (Å²) in [5, 5.41) is 11.0. The molecule has 0 saturated carbocycles. The lowest BCUT2D eigenvalue weighted by molar-refractivity contribution is -0.148. The van der Waals surface area contributed by atoms with Gasteiger partial charge in [-0.3, -0.25) is 9.59 Å². The van der Waals surface area contributed by atoms with Crippen LogP contribution in [0.25, 0.3) is 0 Å². The Labute approximate surface area is 106 Å². The number of hydrogen-bond donors (Lipinski definition) is 3. The van der Waals surface area contributed by atoms with Gasteiger partial charge in [-0.15, -0.1) is 0 Å². The zero-order chi connectivity index (χ0) is 14.1. The zero-order valence-corrected chi connectivity index (χ0v) is 10.6. The van der Waals surface area contributed by atoms with Gasteiger partial charge in [-0.1, -0.05) is 6.92 Å². The maximum absolute atomic E-state index is 11.4. The molecule has 0 saturated heterocycles. The van der Waals surface area contributed by atoms with E-state index in [0.717, 1.165) is 0 Å². The van der Waals surface area contributed by atoms with Gasteiger partial charge in [-0.05, 0) is 19.3 Å². The number of carbonyl (C=O) groups is 3. The number of ether oxygens (including phenoxy) is 1. The summed E-state index contributed by atoms with van der Waals surface area (Å²) in [6, 6.07) is -1.34. The molecule has 0 rings (SSSR count). The minimum absolute atomic E-state index is 0.000513. The van der Waals surface area contributed by atoms with Crippen LogP contribution in [0, 0.1) is 5.92 Å². The molecule has 0 aliphatic carbocycles. The number of aliphatic carboxylic acids is 1. The molecule has 0 spiro atoms. The summed E-state index contributed by atoms with van der Waals surface area (Å²) in [7, 11) is 0. The van der Waals surface area contributed by atoms with Gasteiger partial charge in [0.15, 0.2) is 6.04 Å². The monoisotopic (exact) mass is 260 g/mol. The van der Waals surface area contributed by atoms with Gasteiger partial charge in [-0.2, -0.15) is 0 Å². The Morgan fingerprint density at radius 3 is 2.50 bits per heavy atom. The Bertz CT molecular complexity index is 306. The van der Waals surface area contributed by atoms with E-state index in [1.165, 1.54) is 0 Å². The molecule has 0 bridgehead atoms. The predicted octanol–water partition coefficient (Wildman–Crippen LogP) is -0.506. The van der Waals surface area contributed by atoms with Crippen LogP contribution in [-0.2, 0) is 19.1 Å². The Balaban J connectivity index is 3.94. The quantitative estimate of drug-likeness (QED) is 0.399. The van der Waals surface area contributed by atoms with Crippen LogP contribution in [0.5, 0.6) is 0 Å². The van der Waals surface area contributed by atoms with Crippen molar-refractivity contribution < 1.29 is 24.2 Å². The van der Waals surface area contributed by atoms with Crippen LogP contribution < -0.4 is 11.1 Å². The summed E-state index contributed by atoms with van der Waals surface area (Å²) >= 11 is 0. The van der Waals surface area contributed by atoms with Crippen LogP contribution in [0.1, 0.15) is 26.7 Å². The molecule has 0 radical (unpaired) electrons. The summed E-state index contributed by atoms with van der Waals surface area (Å²) in [5.74, 6) is -2.26. The van der Waals surface area contributed by atoms with E-state index in [2.05, 4.69) is 10.1 Å². The third-order valence-electron chi connectivity index (χ3n) is 2.30. The highest BCUT2D eigenvalue weighted by Gasteiger charge is 2.23. The second-order valence-corrected chi connectivity index (χ2v) is 4.01. The van der Waals surface area contributed by atoms with E-state index in [1.54, 1.807) is 13.8 Å². The first kappa shape index (κ1) is 16.4. The fourth-order valence-corrected chi connectivity index (χ4v) is 1.20. The molecule has 18 heavy (non-hydrogen) atoms. The minimum Gasteiger partial charge on any atom is -0.481 e. The molecule has 7 heteroatoms. The summed E-state index contributed by atoms with van der Waals surface area (Å²) in [6.07, 6.45) is 0.491. The van der Waals surface area contributed by atoms with Crippen molar-refractivity contribution in [3.05, 3.63) is 0 Å². The van der Waals surface area contributed by atoms with Crippen molar-refractivity contribution in [2.24, 2.45) is 11.7 Å². The van der Waals surface area contributed by atoms with Gasteiger partial charge >= 0.3 is 11.9 Å². The number of nitrogens with two attached hydrogens (primary N) is 1. The predicted molar refractivity (Wildman–Crippen MR) is 63.7 cm³/mol. The molecule has 2 unspecified atom stereocenters. The minimum atomic E-state index is -1.34. The van der Waals surface area contributed by atoms with E-state index >= 15 is 0 Å². The van der Waals surface area contributed by atoms with E-state index in [9.17, 15) is 14.4 Å². The molecule has 2 atom stereocenters. The summed E-state index contributed by atoms with van der Waals surface area (Å²) in [5.41, 5.74) is 5.37. The average Bonchev–Trinajstić information content (AvgIpc) is 2.32. The highest BCUT2D eigenvalue weighted by atomic mass is 16.5. The maximum atomic E-state index is 11.4. The Morgan fingerprint density at radius 2 is 2.00 bits per heavy atom. The van der Waals surface area contributed by atoms with Gasteiger partial charge in [0.05, 0.1) is 6.61 Å². The van der Waals surface area contributed by atoms with Crippen molar-refractivity contribution >= 4 is 17.8 Å². The van der Waals surface area contributed by atoms with E-state index in [0.29, 0.717) is 6.42 Å². The lowest BCUT2D eigenvalue weighted by Crippen LogP contribution is -2.47. The SMILES string of the molecule is CCOC(=O)C(N)C(=O)NCC(C)CCC(=O)O. The van der Waals surface area contributed by atoms with Crippen molar-refractivity contribution in [2.75, 3.05) is 13.2 Å². The molecule has 0 heterocycles. The number of esters is 1. The number of nitrogens with one attached hydrogen (secondary N) is 1.